The Balaban J connectivity index is 3.54. The molecule has 0 aliphatic rings. The zero-order chi connectivity index (χ0) is 15.6. The topological polar surface area (TPSA) is 123 Å². The Bertz CT molecular complexity index is 543. The van der Waals surface area contributed by atoms with Crippen LogP contribution < -0.4 is 4.74 Å². The minimum atomic E-state index is -5.29. The van der Waals surface area contributed by atoms with E-state index in [2.05, 4.69) is 9.05 Å². The summed E-state index contributed by atoms with van der Waals surface area (Å²) in [7, 11) is -6.55. The molecular formula is C10H16O8P2. The van der Waals surface area contributed by atoms with Gasteiger partial charge in [0.05, 0.1) is 7.11 Å². The highest BCUT2D eigenvalue weighted by molar-refractivity contribution is 7.72. The van der Waals surface area contributed by atoms with Gasteiger partial charge in [-0.3, -0.25) is 9.13 Å². The molecule has 0 saturated heterocycles. The zero-order valence-corrected chi connectivity index (χ0v) is 12.9. The fourth-order valence-electron chi connectivity index (χ4n) is 1.63. The van der Waals surface area contributed by atoms with Gasteiger partial charge in [0, 0.05) is 19.8 Å². The van der Waals surface area contributed by atoms with Crippen LogP contribution in [0.5, 0.6) is 5.75 Å². The van der Waals surface area contributed by atoms with E-state index >= 15 is 0 Å². The number of aliphatic hydroxyl groups is 1. The van der Waals surface area contributed by atoms with Crippen molar-refractivity contribution in [2.45, 2.75) is 5.08 Å². The fourth-order valence-corrected chi connectivity index (χ4v) is 5.00. The molecule has 0 heterocycles. The molecule has 10 heteroatoms. The highest BCUT2D eigenvalue weighted by Crippen LogP contribution is 2.76. The molecule has 8 nitrogen and oxygen atoms in total. The lowest BCUT2D eigenvalue weighted by Crippen LogP contribution is -2.27. The Kier molecular flexibility index (Phi) is 5.16. The smallest absolute Gasteiger partial charge is 0.378 e. The van der Waals surface area contributed by atoms with Crippen molar-refractivity contribution in [2.75, 3.05) is 21.3 Å². The average molecular weight is 326 g/mol. The van der Waals surface area contributed by atoms with Crippen molar-refractivity contribution in [2.24, 2.45) is 0 Å². The molecule has 1 aromatic rings. The minimum absolute atomic E-state index is 0.307. The van der Waals surface area contributed by atoms with Gasteiger partial charge in [-0.25, -0.2) is 0 Å². The van der Waals surface area contributed by atoms with E-state index in [4.69, 9.17) is 4.74 Å². The molecule has 0 aliphatic carbocycles. The molecule has 0 amide bonds. The van der Waals surface area contributed by atoms with Gasteiger partial charge in [-0.15, -0.1) is 0 Å². The first-order chi connectivity index (χ1) is 9.16. The van der Waals surface area contributed by atoms with Gasteiger partial charge in [-0.1, -0.05) is 12.1 Å². The normalized spacial score (nSPS) is 15.7. The van der Waals surface area contributed by atoms with Crippen LogP contribution in [0.1, 0.15) is 5.56 Å². The standard InChI is InChI=1S/C10H16O8P2/c1-16-9-6-4-8(5-7-9)10(11,19(12,13)14)20(15,17-2)18-3/h4-7,11H,1-3H3,(H2,12,13,14). The van der Waals surface area contributed by atoms with Crippen LogP contribution in [-0.4, -0.2) is 36.2 Å². The zero-order valence-electron chi connectivity index (χ0n) is 11.1. The highest BCUT2D eigenvalue weighted by atomic mass is 31.2. The predicted octanol–water partition coefficient (Wildman–Crippen LogP) is 1.46. The van der Waals surface area contributed by atoms with Crippen LogP contribution in [0.15, 0.2) is 24.3 Å². The predicted molar refractivity (Wildman–Crippen MR) is 70.6 cm³/mol. The van der Waals surface area contributed by atoms with Crippen molar-refractivity contribution >= 4 is 15.2 Å². The molecule has 1 unspecified atom stereocenters. The molecule has 0 aliphatic heterocycles. The Hall–Kier alpha value is -0.720. The van der Waals surface area contributed by atoms with Gasteiger partial charge in [-0.05, 0) is 12.1 Å². The first-order valence-electron chi connectivity index (χ1n) is 5.30. The molecular weight excluding hydrogens is 310 g/mol. The van der Waals surface area contributed by atoms with E-state index in [1.54, 1.807) is 0 Å². The second kappa shape index (κ2) is 5.95. The summed E-state index contributed by atoms with van der Waals surface area (Å²) in [6, 6.07) is 5.04. The number of benzene rings is 1. The summed E-state index contributed by atoms with van der Waals surface area (Å²) in [5.41, 5.74) is -0.307. The van der Waals surface area contributed by atoms with Gasteiger partial charge in [0.1, 0.15) is 5.75 Å². The molecule has 3 N–H and O–H groups in total. The molecule has 0 spiro atoms. The first-order valence-corrected chi connectivity index (χ1v) is 8.46. The fraction of sp³-hybridized carbons (Fsp3) is 0.400. The summed E-state index contributed by atoms with van der Waals surface area (Å²) in [4.78, 5) is 18.8. The molecule has 1 rings (SSSR count). The monoisotopic (exact) mass is 326 g/mol. The molecule has 0 fully saturated rings. The van der Waals surface area contributed by atoms with E-state index in [0.717, 1.165) is 14.2 Å². The van der Waals surface area contributed by atoms with Gasteiger partial charge >= 0.3 is 15.2 Å². The van der Waals surface area contributed by atoms with Gasteiger partial charge in [0.25, 0.3) is 5.08 Å². The third kappa shape index (κ3) is 2.69. The molecule has 0 saturated carbocycles. The SMILES string of the molecule is COc1ccc(C(O)(P(=O)(O)O)P(=O)(OC)OC)cc1. The number of rotatable bonds is 6. The third-order valence-corrected chi connectivity index (χ3v) is 7.32. The summed E-state index contributed by atoms with van der Waals surface area (Å²) < 4.78 is 38.0. The second-order valence-corrected chi connectivity index (χ2v) is 8.23. The van der Waals surface area contributed by atoms with Crippen LogP contribution in [0.25, 0.3) is 0 Å². The van der Waals surface area contributed by atoms with E-state index < -0.39 is 20.3 Å². The van der Waals surface area contributed by atoms with Gasteiger partial charge < -0.3 is 28.7 Å². The lowest BCUT2D eigenvalue weighted by atomic mass is 10.2. The van der Waals surface area contributed by atoms with E-state index in [1.807, 2.05) is 0 Å². The van der Waals surface area contributed by atoms with E-state index in [9.17, 15) is 24.0 Å². The summed E-state index contributed by atoms with van der Waals surface area (Å²) in [6.07, 6.45) is 0. The summed E-state index contributed by atoms with van der Waals surface area (Å²) in [6.45, 7) is 0. The summed E-state index contributed by atoms with van der Waals surface area (Å²) in [5, 5.41) is 7.28. The van der Waals surface area contributed by atoms with Gasteiger partial charge in [0.15, 0.2) is 0 Å². The van der Waals surface area contributed by atoms with Crippen molar-refractivity contribution in [3.8, 4) is 5.75 Å². The lowest BCUT2D eigenvalue weighted by Gasteiger charge is -2.33. The van der Waals surface area contributed by atoms with Crippen molar-refractivity contribution < 1.29 is 37.8 Å². The van der Waals surface area contributed by atoms with Crippen molar-refractivity contribution in [1.29, 1.82) is 0 Å². The van der Waals surface area contributed by atoms with Crippen molar-refractivity contribution in [1.82, 2.24) is 0 Å². The number of methoxy groups -OCH3 is 1. The average Bonchev–Trinajstić information content (AvgIpc) is 2.44. The van der Waals surface area contributed by atoms with Crippen LogP contribution in [0.2, 0.25) is 0 Å². The van der Waals surface area contributed by atoms with Gasteiger partial charge in [-0.2, -0.15) is 0 Å². The van der Waals surface area contributed by atoms with Crippen LogP contribution in [0, 0.1) is 0 Å². The van der Waals surface area contributed by atoms with E-state index in [1.165, 1.54) is 31.4 Å². The van der Waals surface area contributed by atoms with Crippen LogP contribution in [0.4, 0.5) is 0 Å². The molecule has 1 aromatic carbocycles. The maximum Gasteiger partial charge on any atom is 0.378 e. The van der Waals surface area contributed by atoms with Crippen LogP contribution in [-0.2, 0) is 23.3 Å². The maximum absolute atomic E-state index is 12.4. The molecule has 0 bridgehead atoms. The molecule has 20 heavy (non-hydrogen) atoms. The Morgan fingerprint density at radius 2 is 1.45 bits per heavy atom. The van der Waals surface area contributed by atoms with Gasteiger partial charge in [0.2, 0.25) is 0 Å². The molecule has 0 radical (unpaired) electrons. The first kappa shape index (κ1) is 17.3. The molecule has 0 aromatic heterocycles. The molecule has 114 valence electrons. The largest absolute Gasteiger partial charge is 0.497 e. The number of ether oxygens (including phenoxy) is 1. The summed E-state index contributed by atoms with van der Waals surface area (Å²) in [5.74, 6) is 0.395. The van der Waals surface area contributed by atoms with Crippen molar-refractivity contribution in [3.05, 3.63) is 29.8 Å². The summed E-state index contributed by atoms with van der Waals surface area (Å²) >= 11 is 0. The Labute approximate surface area is 116 Å². The highest BCUT2D eigenvalue weighted by Gasteiger charge is 2.63. The van der Waals surface area contributed by atoms with Crippen LogP contribution in [0.3, 0.4) is 0 Å². The lowest BCUT2D eigenvalue weighted by molar-refractivity contribution is 0.115. The quantitative estimate of drug-likeness (QED) is 0.672. The third-order valence-electron chi connectivity index (χ3n) is 2.75. The number of hydrogen-bond acceptors (Lipinski definition) is 6. The van der Waals surface area contributed by atoms with E-state index in [-0.39, 0.29) is 5.56 Å². The Morgan fingerprint density at radius 1 is 1.00 bits per heavy atom. The van der Waals surface area contributed by atoms with Crippen molar-refractivity contribution in [3.63, 3.8) is 0 Å². The maximum atomic E-state index is 12.4. The minimum Gasteiger partial charge on any atom is -0.497 e. The molecule has 1 atom stereocenters. The Morgan fingerprint density at radius 3 is 1.75 bits per heavy atom. The number of hydrogen-bond donors (Lipinski definition) is 3. The van der Waals surface area contributed by atoms with Crippen LogP contribution >= 0.6 is 15.2 Å². The van der Waals surface area contributed by atoms with E-state index in [0.29, 0.717) is 5.75 Å². The second-order valence-electron chi connectivity index (χ2n) is 3.77.